The van der Waals surface area contributed by atoms with Gasteiger partial charge in [-0.15, -0.1) is 10.2 Å². The number of rotatable bonds is 4. The Kier molecular flexibility index (Phi) is 3.94. The summed E-state index contributed by atoms with van der Waals surface area (Å²) in [4.78, 5) is 11.8. The van der Waals surface area contributed by atoms with E-state index in [1.165, 1.54) is 11.3 Å². The maximum absolute atomic E-state index is 11.8. The lowest BCUT2D eigenvalue weighted by Gasteiger charge is -2.02. The van der Waals surface area contributed by atoms with Crippen LogP contribution in [-0.2, 0) is 18.3 Å². The van der Waals surface area contributed by atoms with Crippen LogP contribution in [0, 0.1) is 20.8 Å². The molecule has 7 heteroatoms. The van der Waals surface area contributed by atoms with Gasteiger partial charge in [0.05, 0.1) is 5.69 Å². The summed E-state index contributed by atoms with van der Waals surface area (Å²) in [5.41, 5.74) is 3.24. The van der Waals surface area contributed by atoms with Crippen molar-refractivity contribution in [3.8, 4) is 0 Å². The van der Waals surface area contributed by atoms with E-state index in [4.69, 9.17) is 0 Å². The second kappa shape index (κ2) is 5.48. The number of hydrogen-bond donors (Lipinski definition) is 1. The van der Waals surface area contributed by atoms with Crippen LogP contribution in [0.4, 0.5) is 5.13 Å². The van der Waals surface area contributed by atoms with Gasteiger partial charge in [0.15, 0.2) is 0 Å². The molecule has 102 valence electrons. The van der Waals surface area contributed by atoms with E-state index in [1.54, 1.807) is 0 Å². The number of carbonyl (C=O) groups is 1. The number of carbonyl (C=O) groups excluding carboxylic acids is 1. The Morgan fingerprint density at radius 3 is 2.58 bits per heavy atom. The molecule has 0 fully saturated rings. The summed E-state index contributed by atoms with van der Waals surface area (Å²) in [6.45, 7) is 5.84. The van der Waals surface area contributed by atoms with Crippen molar-refractivity contribution in [3.05, 3.63) is 22.0 Å². The van der Waals surface area contributed by atoms with Gasteiger partial charge in [-0.2, -0.15) is 5.10 Å². The van der Waals surface area contributed by atoms with E-state index in [0.29, 0.717) is 18.0 Å². The molecule has 1 amide bonds. The predicted octanol–water partition coefficient (Wildman–Crippen LogP) is 1.77. The highest BCUT2D eigenvalue weighted by Crippen LogP contribution is 2.16. The zero-order valence-corrected chi connectivity index (χ0v) is 12.3. The van der Waals surface area contributed by atoms with Crippen LogP contribution in [0.2, 0.25) is 0 Å². The van der Waals surface area contributed by atoms with Gasteiger partial charge in [-0.25, -0.2) is 0 Å². The first-order chi connectivity index (χ1) is 8.97. The SMILES string of the molecule is Cc1nnc(NC(=O)CCc2c(C)nn(C)c2C)s1. The van der Waals surface area contributed by atoms with Crippen molar-refractivity contribution < 1.29 is 4.79 Å². The molecule has 0 radical (unpaired) electrons. The number of nitrogens with one attached hydrogen (secondary N) is 1. The number of aromatic nitrogens is 4. The molecule has 2 heterocycles. The highest BCUT2D eigenvalue weighted by Gasteiger charge is 2.12. The lowest BCUT2D eigenvalue weighted by molar-refractivity contribution is -0.116. The van der Waals surface area contributed by atoms with Crippen molar-refractivity contribution >= 4 is 22.4 Å². The molecule has 0 saturated carbocycles. The molecular formula is C12H17N5OS. The highest BCUT2D eigenvalue weighted by atomic mass is 32.1. The lowest BCUT2D eigenvalue weighted by atomic mass is 10.1. The number of anilines is 1. The summed E-state index contributed by atoms with van der Waals surface area (Å²) < 4.78 is 1.84. The molecule has 2 rings (SSSR count). The summed E-state index contributed by atoms with van der Waals surface area (Å²) >= 11 is 1.38. The topological polar surface area (TPSA) is 72.7 Å². The monoisotopic (exact) mass is 279 g/mol. The summed E-state index contributed by atoms with van der Waals surface area (Å²) in [6, 6.07) is 0. The molecule has 0 saturated heterocycles. The first kappa shape index (κ1) is 13.7. The van der Waals surface area contributed by atoms with Gasteiger partial charge in [-0.1, -0.05) is 11.3 Å². The van der Waals surface area contributed by atoms with E-state index >= 15 is 0 Å². The Hall–Kier alpha value is -1.76. The van der Waals surface area contributed by atoms with E-state index in [1.807, 2.05) is 32.5 Å². The second-order valence-electron chi connectivity index (χ2n) is 4.45. The van der Waals surface area contributed by atoms with Gasteiger partial charge in [-0.3, -0.25) is 9.48 Å². The molecule has 0 atom stereocenters. The Bertz CT molecular complexity index is 601. The molecule has 0 spiro atoms. The molecule has 0 aliphatic heterocycles. The molecule has 6 nitrogen and oxygen atoms in total. The van der Waals surface area contributed by atoms with Gasteiger partial charge >= 0.3 is 0 Å². The summed E-state index contributed by atoms with van der Waals surface area (Å²) in [7, 11) is 1.91. The van der Waals surface area contributed by atoms with Gasteiger partial charge in [-0.05, 0) is 32.8 Å². The van der Waals surface area contributed by atoms with Crippen LogP contribution in [0.3, 0.4) is 0 Å². The normalized spacial score (nSPS) is 10.7. The van der Waals surface area contributed by atoms with Crippen LogP contribution in [0.5, 0.6) is 0 Å². The minimum Gasteiger partial charge on any atom is -0.301 e. The zero-order chi connectivity index (χ0) is 14.0. The van der Waals surface area contributed by atoms with Crippen molar-refractivity contribution in [2.45, 2.75) is 33.6 Å². The van der Waals surface area contributed by atoms with E-state index in [-0.39, 0.29) is 5.91 Å². The third-order valence-electron chi connectivity index (χ3n) is 3.03. The Morgan fingerprint density at radius 2 is 2.05 bits per heavy atom. The molecule has 0 unspecified atom stereocenters. The quantitative estimate of drug-likeness (QED) is 0.925. The number of nitrogens with zero attached hydrogens (tertiary/aromatic N) is 4. The van der Waals surface area contributed by atoms with Crippen molar-refractivity contribution in [1.82, 2.24) is 20.0 Å². The van der Waals surface area contributed by atoms with E-state index in [2.05, 4.69) is 20.6 Å². The van der Waals surface area contributed by atoms with E-state index in [9.17, 15) is 4.79 Å². The summed E-state index contributed by atoms with van der Waals surface area (Å²) in [6.07, 6.45) is 1.11. The maximum atomic E-state index is 11.8. The maximum Gasteiger partial charge on any atom is 0.226 e. The fraction of sp³-hybridized carbons (Fsp3) is 0.500. The first-order valence-electron chi connectivity index (χ1n) is 6.06. The standard InChI is InChI=1S/C12H17N5OS/c1-7-10(8(2)17(4)16-7)5-6-11(18)13-12-15-14-9(3)19-12/h5-6H2,1-4H3,(H,13,15,18). The van der Waals surface area contributed by atoms with Crippen LogP contribution in [-0.4, -0.2) is 25.9 Å². The molecule has 0 aliphatic rings. The van der Waals surface area contributed by atoms with Gasteiger partial charge in [0.1, 0.15) is 5.01 Å². The Morgan fingerprint density at radius 1 is 1.32 bits per heavy atom. The molecule has 19 heavy (non-hydrogen) atoms. The zero-order valence-electron chi connectivity index (χ0n) is 11.5. The average Bonchev–Trinajstić information content (AvgIpc) is 2.83. The van der Waals surface area contributed by atoms with Gasteiger partial charge in [0.2, 0.25) is 11.0 Å². The van der Waals surface area contributed by atoms with Crippen LogP contribution in [0.15, 0.2) is 0 Å². The summed E-state index contributed by atoms with van der Waals surface area (Å²) in [5.74, 6) is -0.0428. The lowest BCUT2D eigenvalue weighted by Crippen LogP contribution is -2.12. The van der Waals surface area contributed by atoms with E-state index < -0.39 is 0 Å². The first-order valence-corrected chi connectivity index (χ1v) is 6.88. The van der Waals surface area contributed by atoms with Crippen LogP contribution in [0.1, 0.15) is 28.4 Å². The molecular weight excluding hydrogens is 262 g/mol. The smallest absolute Gasteiger partial charge is 0.226 e. The van der Waals surface area contributed by atoms with Crippen molar-refractivity contribution in [2.75, 3.05) is 5.32 Å². The third kappa shape index (κ3) is 3.17. The summed E-state index contributed by atoms with van der Waals surface area (Å²) in [5, 5.41) is 16.2. The molecule has 1 N–H and O–H groups in total. The Balaban J connectivity index is 1.93. The molecule has 2 aromatic heterocycles. The molecule has 0 bridgehead atoms. The molecule has 0 aromatic carbocycles. The van der Waals surface area contributed by atoms with Gasteiger partial charge in [0, 0.05) is 19.2 Å². The highest BCUT2D eigenvalue weighted by molar-refractivity contribution is 7.15. The van der Waals surface area contributed by atoms with Gasteiger partial charge in [0.25, 0.3) is 0 Å². The van der Waals surface area contributed by atoms with Crippen molar-refractivity contribution in [1.29, 1.82) is 0 Å². The van der Waals surface area contributed by atoms with Crippen LogP contribution in [0.25, 0.3) is 0 Å². The van der Waals surface area contributed by atoms with Gasteiger partial charge < -0.3 is 5.32 Å². The average molecular weight is 279 g/mol. The number of hydrogen-bond acceptors (Lipinski definition) is 5. The minimum absolute atomic E-state index is 0.0428. The number of aryl methyl sites for hydroxylation is 3. The second-order valence-corrected chi connectivity index (χ2v) is 5.63. The van der Waals surface area contributed by atoms with Crippen LogP contribution < -0.4 is 5.32 Å². The third-order valence-corrected chi connectivity index (χ3v) is 3.79. The Labute approximate surface area is 115 Å². The fourth-order valence-electron chi connectivity index (χ4n) is 1.95. The van der Waals surface area contributed by atoms with Crippen molar-refractivity contribution in [3.63, 3.8) is 0 Å². The largest absolute Gasteiger partial charge is 0.301 e. The molecule has 2 aromatic rings. The fourth-order valence-corrected chi connectivity index (χ4v) is 2.55. The predicted molar refractivity (Wildman–Crippen MR) is 74.3 cm³/mol. The van der Waals surface area contributed by atoms with Crippen molar-refractivity contribution in [2.24, 2.45) is 7.05 Å². The minimum atomic E-state index is -0.0428. The van der Waals surface area contributed by atoms with E-state index in [0.717, 1.165) is 22.0 Å². The number of amides is 1. The van der Waals surface area contributed by atoms with Crippen LogP contribution >= 0.6 is 11.3 Å². The molecule has 0 aliphatic carbocycles.